The highest BCUT2D eigenvalue weighted by molar-refractivity contribution is 7.10. The summed E-state index contributed by atoms with van der Waals surface area (Å²) < 4.78 is 28.5. The van der Waals surface area contributed by atoms with E-state index < -0.39 is 6.61 Å². The van der Waals surface area contributed by atoms with Crippen LogP contribution in [0.1, 0.15) is 16.5 Å². The minimum absolute atomic E-state index is 0.129. The van der Waals surface area contributed by atoms with E-state index in [0.717, 1.165) is 10.4 Å². The maximum atomic E-state index is 12.1. The Balaban J connectivity index is 2.21. The number of thiophene rings is 1. The van der Waals surface area contributed by atoms with Crippen molar-refractivity contribution < 1.29 is 13.5 Å². The monoisotopic (exact) mass is 255 g/mol. The minimum Gasteiger partial charge on any atom is -0.435 e. The molecule has 0 aliphatic heterocycles. The summed E-state index contributed by atoms with van der Waals surface area (Å²) in [4.78, 5) is 0.985. The average molecular weight is 255 g/mol. The van der Waals surface area contributed by atoms with E-state index in [1.54, 1.807) is 12.1 Å². The highest BCUT2D eigenvalue weighted by Crippen LogP contribution is 2.26. The fourth-order valence-electron chi connectivity index (χ4n) is 1.52. The first-order valence-corrected chi connectivity index (χ1v) is 5.88. The Kier molecular flexibility index (Phi) is 3.71. The van der Waals surface area contributed by atoms with E-state index in [1.807, 2.05) is 17.5 Å². The molecule has 0 bridgehead atoms. The van der Waals surface area contributed by atoms with Crippen LogP contribution in [0.25, 0.3) is 0 Å². The van der Waals surface area contributed by atoms with Gasteiger partial charge in [0.05, 0.1) is 6.04 Å². The molecule has 0 aliphatic carbocycles. The van der Waals surface area contributed by atoms with Crippen molar-refractivity contribution in [1.82, 2.24) is 0 Å². The number of nitrogens with two attached hydrogens (primary N) is 1. The van der Waals surface area contributed by atoms with Crippen LogP contribution in [0.3, 0.4) is 0 Å². The summed E-state index contributed by atoms with van der Waals surface area (Å²) in [5.74, 6) is 0.129. The lowest BCUT2D eigenvalue weighted by atomic mass is 10.1. The Morgan fingerprint density at radius 1 is 1.18 bits per heavy atom. The molecule has 0 spiro atoms. The minimum atomic E-state index is -2.82. The van der Waals surface area contributed by atoms with Crippen LogP contribution < -0.4 is 10.5 Å². The van der Waals surface area contributed by atoms with E-state index in [9.17, 15) is 8.78 Å². The van der Waals surface area contributed by atoms with E-state index >= 15 is 0 Å². The molecule has 5 heteroatoms. The Hall–Kier alpha value is -1.46. The van der Waals surface area contributed by atoms with Crippen LogP contribution in [-0.4, -0.2) is 6.61 Å². The van der Waals surface area contributed by atoms with Crippen LogP contribution >= 0.6 is 11.3 Å². The summed E-state index contributed by atoms with van der Waals surface area (Å²) in [6.45, 7) is -2.82. The largest absolute Gasteiger partial charge is 0.435 e. The molecule has 0 fully saturated rings. The topological polar surface area (TPSA) is 35.2 Å². The van der Waals surface area contributed by atoms with Gasteiger partial charge in [-0.2, -0.15) is 8.78 Å². The molecule has 17 heavy (non-hydrogen) atoms. The predicted molar refractivity (Wildman–Crippen MR) is 63.4 cm³/mol. The van der Waals surface area contributed by atoms with Crippen molar-refractivity contribution in [1.29, 1.82) is 0 Å². The maximum absolute atomic E-state index is 12.1. The Bertz CT molecular complexity index is 473. The van der Waals surface area contributed by atoms with Crippen molar-refractivity contribution >= 4 is 11.3 Å². The molecule has 0 unspecified atom stereocenters. The van der Waals surface area contributed by atoms with Crippen LogP contribution in [0.2, 0.25) is 0 Å². The molecule has 0 saturated carbocycles. The summed E-state index contributed by atoms with van der Waals surface area (Å²) in [5.41, 5.74) is 6.78. The molecule has 2 N–H and O–H groups in total. The third-order valence-electron chi connectivity index (χ3n) is 2.29. The van der Waals surface area contributed by atoms with Gasteiger partial charge in [0, 0.05) is 4.88 Å². The predicted octanol–water partition coefficient (Wildman–Crippen LogP) is 3.40. The second kappa shape index (κ2) is 5.25. The van der Waals surface area contributed by atoms with Crippen LogP contribution in [0.5, 0.6) is 5.75 Å². The number of benzene rings is 1. The molecular weight excluding hydrogens is 244 g/mol. The fraction of sp³-hybridized carbons (Fsp3) is 0.167. The summed E-state index contributed by atoms with van der Waals surface area (Å²) in [7, 11) is 0. The van der Waals surface area contributed by atoms with Gasteiger partial charge in [0.15, 0.2) is 0 Å². The molecule has 0 saturated heterocycles. The second-order valence-electron chi connectivity index (χ2n) is 3.44. The van der Waals surface area contributed by atoms with Gasteiger partial charge in [-0.05, 0) is 29.1 Å². The van der Waals surface area contributed by atoms with E-state index in [2.05, 4.69) is 4.74 Å². The molecule has 1 heterocycles. The zero-order valence-corrected chi connectivity index (χ0v) is 9.66. The molecule has 1 aromatic carbocycles. The molecule has 0 amide bonds. The number of ether oxygens (including phenoxy) is 1. The summed E-state index contributed by atoms with van der Waals surface area (Å²) >= 11 is 1.53. The lowest BCUT2D eigenvalue weighted by molar-refractivity contribution is -0.0498. The van der Waals surface area contributed by atoms with E-state index in [4.69, 9.17) is 5.73 Å². The molecular formula is C12H11F2NOS. The van der Waals surface area contributed by atoms with Crippen molar-refractivity contribution in [3.8, 4) is 5.75 Å². The molecule has 0 radical (unpaired) electrons. The SMILES string of the molecule is N[C@@H](c1cccc(OC(F)F)c1)c1cccs1. The lowest BCUT2D eigenvalue weighted by Gasteiger charge is -2.12. The zero-order valence-electron chi connectivity index (χ0n) is 8.85. The van der Waals surface area contributed by atoms with E-state index in [1.165, 1.54) is 23.5 Å². The van der Waals surface area contributed by atoms with Crippen molar-refractivity contribution in [2.24, 2.45) is 5.73 Å². The Labute approximate surface area is 102 Å². The number of rotatable bonds is 4. The first-order valence-electron chi connectivity index (χ1n) is 5.00. The van der Waals surface area contributed by atoms with Gasteiger partial charge in [-0.3, -0.25) is 0 Å². The molecule has 0 aliphatic rings. The van der Waals surface area contributed by atoms with Gasteiger partial charge in [-0.25, -0.2) is 0 Å². The molecule has 2 nitrogen and oxygen atoms in total. The highest BCUT2D eigenvalue weighted by atomic mass is 32.1. The average Bonchev–Trinajstić information content (AvgIpc) is 2.81. The van der Waals surface area contributed by atoms with Gasteiger partial charge in [0.2, 0.25) is 0 Å². The lowest BCUT2D eigenvalue weighted by Crippen LogP contribution is -2.10. The second-order valence-corrected chi connectivity index (χ2v) is 4.42. The van der Waals surface area contributed by atoms with Crippen molar-refractivity contribution in [2.45, 2.75) is 12.7 Å². The molecule has 90 valence electrons. The molecule has 2 rings (SSSR count). The zero-order chi connectivity index (χ0) is 12.3. The summed E-state index contributed by atoms with van der Waals surface area (Å²) in [6, 6.07) is 9.97. The first kappa shape index (κ1) is 12.0. The van der Waals surface area contributed by atoms with Gasteiger partial charge >= 0.3 is 6.61 Å². The van der Waals surface area contributed by atoms with E-state index in [-0.39, 0.29) is 11.8 Å². The Morgan fingerprint density at radius 3 is 2.65 bits per heavy atom. The smallest absolute Gasteiger partial charge is 0.387 e. The number of hydrogen-bond donors (Lipinski definition) is 1. The molecule has 1 aromatic heterocycles. The summed E-state index contributed by atoms with van der Waals surface area (Å²) in [5, 5.41) is 1.93. The number of alkyl halides is 2. The van der Waals surface area contributed by atoms with Gasteiger partial charge in [0.1, 0.15) is 5.75 Å². The van der Waals surface area contributed by atoms with Crippen LogP contribution in [-0.2, 0) is 0 Å². The molecule has 1 atom stereocenters. The standard InChI is InChI=1S/C12H11F2NOS/c13-12(14)16-9-4-1-3-8(7-9)11(15)10-5-2-6-17-10/h1-7,11-12H,15H2/t11-/m0/s1. The fourth-order valence-corrected chi connectivity index (χ4v) is 2.27. The van der Waals surface area contributed by atoms with Gasteiger partial charge < -0.3 is 10.5 Å². The summed E-state index contributed by atoms with van der Waals surface area (Å²) in [6.07, 6.45) is 0. The van der Waals surface area contributed by atoms with Gasteiger partial charge in [-0.1, -0.05) is 18.2 Å². The van der Waals surface area contributed by atoms with Crippen LogP contribution in [0, 0.1) is 0 Å². The third-order valence-corrected chi connectivity index (χ3v) is 3.25. The molecule has 2 aromatic rings. The van der Waals surface area contributed by atoms with Crippen molar-refractivity contribution in [3.63, 3.8) is 0 Å². The Morgan fingerprint density at radius 2 is 2.00 bits per heavy atom. The normalized spacial score (nSPS) is 12.7. The maximum Gasteiger partial charge on any atom is 0.387 e. The highest BCUT2D eigenvalue weighted by Gasteiger charge is 2.11. The van der Waals surface area contributed by atoms with Gasteiger partial charge in [0.25, 0.3) is 0 Å². The van der Waals surface area contributed by atoms with Gasteiger partial charge in [-0.15, -0.1) is 11.3 Å². The quantitative estimate of drug-likeness (QED) is 0.908. The van der Waals surface area contributed by atoms with E-state index in [0.29, 0.717) is 0 Å². The first-order chi connectivity index (χ1) is 8.16. The van der Waals surface area contributed by atoms with Crippen molar-refractivity contribution in [3.05, 3.63) is 52.2 Å². The number of hydrogen-bond acceptors (Lipinski definition) is 3. The van der Waals surface area contributed by atoms with Crippen LogP contribution in [0.15, 0.2) is 41.8 Å². The third kappa shape index (κ3) is 3.01. The van der Waals surface area contributed by atoms with Crippen LogP contribution in [0.4, 0.5) is 8.78 Å². The van der Waals surface area contributed by atoms with Crippen molar-refractivity contribution in [2.75, 3.05) is 0 Å². The number of halogens is 2.